The molecule has 1 saturated heterocycles. The molecule has 0 bridgehead atoms. The monoisotopic (exact) mass is 183 g/mol. The molecule has 13 heavy (non-hydrogen) atoms. The molecule has 1 aliphatic rings. The predicted molar refractivity (Wildman–Crippen MR) is 55.5 cm³/mol. The molecule has 0 aromatic carbocycles. The molecule has 1 fully saturated rings. The van der Waals surface area contributed by atoms with Gasteiger partial charge in [0.15, 0.2) is 0 Å². The molecule has 74 valence electrons. The average molecular weight is 183 g/mol. The van der Waals surface area contributed by atoms with Crippen LogP contribution in [-0.4, -0.2) is 18.3 Å². The number of rotatable bonds is 3. The molecule has 0 N–H and O–H groups in total. The van der Waals surface area contributed by atoms with E-state index in [-0.39, 0.29) is 12.7 Å². The summed E-state index contributed by atoms with van der Waals surface area (Å²) in [6.07, 6.45) is 3.30. The van der Waals surface area contributed by atoms with Crippen molar-refractivity contribution in [3.05, 3.63) is 6.92 Å². The van der Waals surface area contributed by atoms with Gasteiger partial charge in [-0.2, -0.15) is 0 Å². The Morgan fingerprint density at radius 1 is 1.23 bits per heavy atom. The first-order valence-corrected chi connectivity index (χ1v) is 5.10. The van der Waals surface area contributed by atoms with Crippen molar-refractivity contribution in [2.75, 3.05) is 0 Å². The Labute approximate surface area is 82.1 Å². The zero-order chi connectivity index (χ0) is 10.1. The fraction of sp³-hybridized carbons (Fsp3) is 0.900. The predicted octanol–water partition coefficient (Wildman–Crippen LogP) is 2.69. The Balaban J connectivity index is 2.50. The van der Waals surface area contributed by atoms with E-state index in [1.54, 1.807) is 0 Å². The second-order valence-corrected chi connectivity index (χ2v) is 4.55. The quantitative estimate of drug-likeness (QED) is 0.494. The third kappa shape index (κ3) is 2.20. The van der Waals surface area contributed by atoms with Crippen molar-refractivity contribution < 1.29 is 9.31 Å². The average Bonchev–Trinajstić information content (AvgIpc) is 2.17. The van der Waals surface area contributed by atoms with Crippen molar-refractivity contribution in [3.63, 3.8) is 0 Å². The van der Waals surface area contributed by atoms with Crippen molar-refractivity contribution in [3.8, 4) is 0 Å². The SMILES string of the molecule is [CH2+]C1(C)OB(CCCC)OC1(C)C. The zero-order valence-corrected chi connectivity index (χ0v) is 9.22. The molecule has 0 radical (unpaired) electrons. The minimum Gasteiger partial charge on any atom is -0.399 e. The van der Waals surface area contributed by atoms with Crippen molar-refractivity contribution in [2.24, 2.45) is 0 Å². The lowest BCUT2D eigenvalue weighted by atomic mass is 9.82. The van der Waals surface area contributed by atoms with Crippen molar-refractivity contribution in [2.45, 2.75) is 58.1 Å². The second-order valence-electron chi connectivity index (χ2n) is 4.55. The summed E-state index contributed by atoms with van der Waals surface area (Å²) in [6, 6.07) is 0. The molecular formula is C10H20BO2+. The van der Waals surface area contributed by atoms with Crippen LogP contribution in [0.25, 0.3) is 0 Å². The smallest absolute Gasteiger partial charge is 0.399 e. The molecule has 1 rings (SSSR count). The third-order valence-corrected chi connectivity index (χ3v) is 2.88. The van der Waals surface area contributed by atoms with Crippen molar-refractivity contribution in [1.82, 2.24) is 0 Å². The maximum absolute atomic E-state index is 5.78. The Morgan fingerprint density at radius 3 is 2.23 bits per heavy atom. The Morgan fingerprint density at radius 2 is 1.85 bits per heavy atom. The van der Waals surface area contributed by atoms with Gasteiger partial charge in [0.05, 0.1) is 6.92 Å². The van der Waals surface area contributed by atoms with Crippen LogP contribution in [0.4, 0.5) is 0 Å². The van der Waals surface area contributed by atoms with Gasteiger partial charge >= 0.3 is 7.12 Å². The molecular weight excluding hydrogens is 163 g/mol. The molecule has 0 saturated carbocycles. The Kier molecular flexibility index (Phi) is 2.98. The largest absolute Gasteiger partial charge is 0.460 e. The van der Waals surface area contributed by atoms with Gasteiger partial charge in [-0.15, -0.1) is 0 Å². The van der Waals surface area contributed by atoms with E-state index in [0.29, 0.717) is 0 Å². The third-order valence-electron chi connectivity index (χ3n) is 2.88. The van der Waals surface area contributed by atoms with E-state index in [0.717, 1.165) is 12.7 Å². The first-order valence-electron chi connectivity index (χ1n) is 5.10. The lowest BCUT2D eigenvalue weighted by molar-refractivity contribution is 0.0262. The molecule has 0 spiro atoms. The van der Waals surface area contributed by atoms with Crippen molar-refractivity contribution in [1.29, 1.82) is 0 Å². The molecule has 0 aliphatic carbocycles. The van der Waals surface area contributed by atoms with Crippen LogP contribution in [-0.2, 0) is 9.31 Å². The molecule has 0 aromatic rings. The minimum absolute atomic E-state index is 0.0579. The molecule has 0 amide bonds. The van der Waals surface area contributed by atoms with Gasteiger partial charge in [-0.05, 0) is 20.2 Å². The summed E-state index contributed by atoms with van der Waals surface area (Å²) in [5.41, 5.74) is -0.684. The number of unbranched alkanes of at least 4 members (excludes halogenated alkanes) is 1. The number of hydrogen-bond donors (Lipinski definition) is 0. The summed E-state index contributed by atoms with van der Waals surface area (Å²) in [5, 5.41) is 0. The molecule has 1 heterocycles. The van der Waals surface area contributed by atoms with Gasteiger partial charge < -0.3 is 9.31 Å². The fourth-order valence-electron chi connectivity index (χ4n) is 1.40. The van der Waals surface area contributed by atoms with Gasteiger partial charge in [0.2, 0.25) is 5.60 Å². The zero-order valence-electron chi connectivity index (χ0n) is 9.22. The first kappa shape index (κ1) is 10.9. The maximum Gasteiger partial charge on any atom is 0.460 e. The highest BCUT2D eigenvalue weighted by Crippen LogP contribution is 2.37. The van der Waals surface area contributed by atoms with Gasteiger partial charge in [0, 0.05) is 6.92 Å². The van der Waals surface area contributed by atoms with Gasteiger partial charge in [-0.3, -0.25) is 0 Å². The Hall–Kier alpha value is -0.145. The normalized spacial score (nSPS) is 32.5. The molecule has 1 atom stereocenters. The van der Waals surface area contributed by atoms with Crippen LogP contribution >= 0.6 is 0 Å². The van der Waals surface area contributed by atoms with Gasteiger partial charge in [0.25, 0.3) is 0 Å². The van der Waals surface area contributed by atoms with Gasteiger partial charge in [-0.25, -0.2) is 0 Å². The summed E-state index contributed by atoms with van der Waals surface area (Å²) in [5.74, 6) is 0. The second kappa shape index (κ2) is 3.54. The van der Waals surface area contributed by atoms with Crippen LogP contribution in [0.5, 0.6) is 0 Å². The van der Waals surface area contributed by atoms with Crippen molar-refractivity contribution >= 4 is 7.12 Å². The topological polar surface area (TPSA) is 18.5 Å². The molecule has 1 aliphatic heterocycles. The Bertz CT molecular complexity index is 162. The van der Waals surface area contributed by atoms with Crippen LogP contribution in [0.15, 0.2) is 0 Å². The fourth-order valence-corrected chi connectivity index (χ4v) is 1.40. The summed E-state index contributed by atoms with van der Waals surface area (Å²) >= 11 is 0. The first-order chi connectivity index (χ1) is 5.89. The van der Waals surface area contributed by atoms with E-state index in [1.807, 2.05) is 20.8 Å². The number of hydrogen-bond acceptors (Lipinski definition) is 2. The van der Waals surface area contributed by atoms with Gasteiger partial charge in [-0.1, -0.05) is 19.8 Å². The molecule has 1 unspecified atom stereocenters. The van der Waals surface area contributed by atoms with E-state index in [9.17, 15) is 0 Å². The van der Waals surface area contributed by atoms with Crippen LogP contribution in [0.1, 0.15) is 40.5 Å². The summed E-state index contributed by atoms with van der Waals surface area (Å²) < 4.78 is 11.5. The summed E-state index contributed by atoms with van der Waals surface area (Å²) in [4.78, 5) is 0. The highest BCUT2D eigenvalue weighted by atomic mass is 16.7. The lowest BCUT2D eigenvalue weighted by Crippen LogP contribution is -2.42. The van der Waals surface area contributed by atoms with Gasteiger partial charge in [0.1, 0.15) is 5.60 Å². The van der Waals surface area contributed by atoms with Crippen LogP contribution in [0.3, 0.4) is 0 Å². The minimum atomic E-state index is -0.411. The molecule has 3 heteroatoms. The standard InChI is InChI=1S/C10H20BO2/c1-6-7-8-11-12-9(2,3)10(4,5)13-11/h2,6-8H2,1,3-5H3/q+1. The van der Waals surface area contributed by atoms with E-state index in [1.165, 1.54) is 6.42 Å². The van der Waals surface area contributed by atoms with E-state index >= 15 is 0 Å². The summed E-state index contributed by atoms with van der Waals surface area (Å²) in [7, 11) is -0.0579. The maximum atomic E-state index is 5.78. The van der Waals surface area contributed by atoms with E-state index < -0.39 is 5.60 Å². The van der Waals surface area contributed by atoms with E-state index in [2.05, 4.69) is 13.8 Å². The van der Waals surface area contributed by atoms with Crippen LogP contribution in [0.2, 0.25) is 6.32 Å². The van der Waals surface area contributed by atoms with E-state index in [4.69, 9.17) is 9.31 Å². The molecule has 2 nitrogen and oxygen atoms in total. The van der Waals surface area contributed by atoms with Crippen LogP contribution in [0, 0.1) is 6.92 Å². The molecule has 0 aromatic heterocycles. The van der Waals surface area contributed by atoms with Crippen LogP contribution < -0.4 is 0 Å². The summed E-state index contributed by atoms with van der Waals surface area (Å²) in [6.45, 7) is 12.3. The highest BCUT2D eigenvalue weighted by Gasteiger charge is 2.55. The lowest BCUT2D eigenvalue weighted by Gasteiger charge is -2.25. The highest BCUT2D eigenvalue weighted by molar-refractivity contribution is 6.45.